The van der Waals surface area contributed by atoms with Crippen LogP contribution in [-0.2, 0) is 4.79 Å². The van der Waals surface area contributed by atoms with Crippen LogP contribution in [-0.4, -0.2) is 101 Å². The first kappa shape index (κ1) is 59.8. The molecule has 4 aromatic rings. The fourth-order valence-electron chi connectivity index (χ4n) is 8.24. The molecule has 0 bridgehead atoms. The predicted octanol–water partition coefficient (Wildman–Crippen LogP) is 9.40. The van der Waals surface area contributed by atoms with E-state index in [0.717, 1.165) is 87.0 Å². The molecule has 21 heteroatoms. The molecule has 0 amide bonds. The second-order valence-electron chi connectivity index (χ2n) is 17.0. The van der Waals surface area contributed by atoms with E-state index in [2.05, 4.69) is 106 Å². The summed E-state index contributed by atoms with van der Waals surface area (Å²) in [7, 11) is 4.34. The van der Waals surface area contributed by atoms with Gasteiger partial charge in [-0.25, -0.2) is 33.7 Å². The van der Waals surface area contributed by atoms with Crippen LogP contribution in [0.15, 0.2) is 52.3 Å². The topological polar surface area (TPSA) is 260 Å². The van der Waals surface area contributed by atoms with Crippen LogP contribution in [0.5, 0.6) is 0 Å². The Morgan fingerprint density at radius 2 is 0.926 bits per heavy atom. The number of alkyl halides is 2. The van der Waals surface area contributed by atoms with E-state index in [1.807, 2.05) is 0 Å². The Bertz CT molecular complexity index is 1900. The molecule has 0 unspecified atom stereocenters. The normalized spacial score (nSPS) is 22.2. The number of carbonyl (C=O) groups excluding carboxylic acids is 1. The molecule has 0 aromatic carbocycles. The Kier molecular flexibility index (Phi) is 29.2. The summed E-state index contributed by atoms with van der Waals surface area (Å²) < 4.78 is 29.1. The van der Waals surface area contributed by atoms with Gasteiger partial charge < -0.3 is 32.9 Å². The molecule has 16 nitrogen and oxygen atoms in total. The van der Waals surface area contributed by atoms with Crippen molar-refractivity contribution in [3.8, 4) is 0 Å². The number of aliphatic hydroxyl groups is 1. The first-order chi connectivity index (χ1) is 32.2. The Hall–Kier alpha value is -4.34. The summed E-state index contributed by atoms with van der Waals surface area (Å²) in [5, 5.41) is 9.36. The molecular weight excluding hydrogens is 953 g/mol. The number of hydrogen-bond acceptors (Lipinski definition) is 17. The van der Waals surface area contributed by atoms with E-state index < -0.39 is 12.3 Å². The Balaban J connectivity index is 0.000000291. The molecular formula is C47H75BBrF2N14O2S. The van der Waals surface area contributed by atoms with E-state index in [-0.39, 0.29) is 13.5 Å². The van der Waals surface area contributed by atoms with Crippen molar-refractivity contribution in [1.82, 2.24) is 44.8 Å². The van der Waals surface area contributed by atoms with Crippen LogP contribution in [0.1, 0.15) is 177 Å². The average Bonchev–Trinajstić information content (AvgIpc) is 3.34. The molecule has 4 aliphatic rings. The van der Waals surface area contributed by atoms with E-state index >= 15 is 0 Å². The van der Waals surface area contributed by atoms with Gasteiger partial charge >= 0.3 is 24.8 Å². The minimum absolute atomic E-state index is 0. The second-order valence-corrected chi connectivity index (χ2v) is 18.0. The number of anilines is 4. The van der Waals surface area contributed by atoms with Crippen molar-refractivity contribution in [3.63, 3.8) is 0 Å². The summed E-state index contributed by atoms with van der Waals surface area (Å²) in [4.78, 5) is 46.5. The van der Waals surface area contributed by atoms with Gasteiger partial charge in [0.1, 0.15) is 40.2 Å². The number of aromatic nitrogens is 8. The van der Waals surface area contributed by atoms with E-state index in [4.69, 9.17) is 22.9 Å². The summed E-state index contributed by atoms with van der Waals surface area (Å²) in [5.41, 5.74) is 25.8. The molecule has 9 N–H and O–H groups in total. The molecule has 4 aliphatic carbocycles. The van der Waals surface area contributed by atoms with Gasteiger partial charge in [-0.2, -0.15) is 0 Å². The van der Waals surface area contributed by atoms with Crippen molar-refractivity contribution < 1.29 is 18.7 Å². The van der Waals surface area contributed by atoms with E-state index in [0.29, 0.717) is 95.9 Å². The third kappa shape index (κ3) is 22.4. The summed E-state index contributed by atoms with van der Waals surface area (Å²) >= 11 is 6.44. The van der Waals surface area contributed by atoms with E-state index in [1.165, 1.54) is 19.6 Å². The summed E-state index contributed by atoms with van der Waals surface area (Å²) in [6.07, 6.45) is 23.2. The molecule has 0 saturated heterocycles. The van der Waals surface area contributed by atoms with Crippen molar-refractivity contribution in [2.45, 2.75) is 173 Å². The first-order valence-electron chi connectivity index (χ1n) is 23.4. The van der Waals surface area contributed by atoms with Crippen molar-refractivity contribution in [1.29, 1.82) is 0 Å². The molecule has 1 radical (unpaired) electrons. The van der Waals surface area contributed by atoms with Gasteiger partial charge in [-0.05, 0) is 125 Å². The van der Waals surface area contributed by atoms with Gasteiger partial charge in [-0.15, -0.1) is 0 Å². The molecule has 4 fully saturated rings. The molecule has 4 saturated carbocycles. The number of rotatable bonds is 7. The summed E-state index contributed by atoms with van der Waals surface area (Å²) in [6, 6.07) is 0. The number of carbonyl (C=O) groups is 1. The minimum atomic E-state index is -0.633. The zero-order chi connectivity index (χ0) is 49.1. The predicted molar refractivity (Wildman–Crippen MR) is 276 cm³/mol. The molecule has 68 heavy (non-hydrogen) atoms. The Morgan fingerprint density at radius 1 is 0.603 bits per heavy atom. The molecule has 0 aliphatic heterocycles. The van der Waals surface area contributed by atoms with Crippen LogP contribution in [0, 0.1) is 0 Å². The standard InChI is InChI=1S/C10H13BrFN3.C10H14FN3.C10H15N3O.C10H13N3O.C6H15N.CH4.BHNS/c11-9-10(13)14-5-8(15-9)6-1-3-7(12)4-2-6;11-8-3-1-7(2-4-8)9-5-14-10(12)6-13-9;2*11-10-6-12-9(5-13-10)7-1-3-8(14)4-2-7;1-4-7(5-2)6-3;;1-2-3/h5-7H,1-4H2,(H2,13,14);5-8H,1-4H2,(H2,12,14);5-8,14H,1-4H2,(H2,11,13);5-7H,1-4H2,(H2,11,13);4-6H2,1-3H3;1H4;3H. The molecule has 8 rings (SSSR count). The van der Waals surface area contributed by atoms with Crippen molar-refractivity contribution in [2.24, 2.45) is 4.30 Å². The van der Waals surface area contributed by atoms with Gasteiger partial charge in [0.15, 0.2) is 5.82 Å². The second kappa shape index (κ2) is 33.2. The Morgan fingerprint density at radius 3 is 1.24 bits per heavy atom. The quantitative estimate of drug-likeness (QED) is 0.0744. The number of nitrogens with two attached hydrogens (primary N) is 4. The zero-order valence-corrected chi connectivity index (χ0v) is 41.8. The van der Waals surface area contributed by atoms with Crippen molar-refractivity contribution >= 4 is 65.4 Å². The number of hydrogen-bond donors (Lipinski definition) is 6. The van der Waals surface area contributed by atoms with Gasteiger partial charge in [-0.3, -0.25) is 19.7 Å². The third-order valence-corrected chi connectivity index (χ3v) is 13.0. The average molecular weight is 1030 g/mol. The SMILES string of the molecule is C.CCN(CC)CC.Nc1cnc(C2CCC(=O)CC2)cn1.Nc1cnc(C2CCC(F)CC2)cn1.Nc1cnc(C2CCC(O)CC2)cn1.Nc1ncc(C2CCC(F)CC2)nc1Br.[B]=NS. The molecule has 4 heterocycles. The van der Waals surface area contributed by atoms with Crippen molar-refractivity contribution in [2.75, 3.05) is 42.6 Å². The van der Waals surface area contributed by atoms with Gasteiger partial charge in [0, 0.05) is 36.5 Å². The van der Waals surface area contributed by atoms with Crippen LogP contribution in [0.2, 0.25) is 0 Å². The molecule has 375 valence electrons. The number of thiol groups is 1. The van der Waals surface area contributed by atoms with Crippen LogP contribution < -0.4 is 22.9 Å². The number of nitrogen functional groups attached to an aromatic ring is 4. The molecule has 4 aromatic heterocycles. The summed E-state index contributed by atoms with van der Waals surface area (Å²) in [6.45, 7) is 10.1. The first-order valence-corrected chi connectivity index (χ1v) is 24.6. The van der Waals surface area contributed by atoms with Gasteiger partial charge in [0.05, 0.1) is 72.3 Å². The monoisotopic (exact) mass is 1030 g/mol. The third-order valence-electron chi connectivity index (χ3n) is 12.4. The maximum atomic E-state index is 13.0. The number of aliphatic hydroxyl groups excluding tert-OH is 1. The fraction of sp³-hybridized carbons (Fsp3) is 0.638. The molecule has 0 spiro atoms. The maximum absolute atomic E-state index is 13.0. The van der Waals surface area contributed by atoms with Crippen LogP contribution >= 0.6 is 28.7 Å². The number of halogens is 3. The van der Waals surface area contributed by atoms with Crippen LogP contribution in [0.3, 0.4) is 0 Å². The number of Topliss-reactive ketones (excluding diaryl/α,β-unsaturated/α-hetero) is 1. The van der Waals surface area contributed by atoms with Crippen LogP contribution in [0.4, 0.5) is 32.1 Å². The molecule has 0 atom stereocenters. The Labute approximate surface area is 417 Å². The van der Waals surface area contributed by atoms with Gasteiger partial charge in [-0.1, -0.05) is 28.2 Å². The number of nitrogens with zero attached hydrogens (tertiary/aromatic N) is 10. The summed E-state index contributed by atoms with van der Waals surface area (Å²) in [5.74, 6) is 3.66. The van der Waals surface area contributed by atoms with E-state index in [1.54, 1.807) is 43.4 Å². The van der Waals surface area contributed by atoms with Crippen molar-refractivity contribution in [3.05, 3.63) is 70.8 Å². The van der Waals surface area contributed by atoms with Gasteiger partial charge in [0.25, 0.3) is 0 Å². The van der Waals surface area contributed by atoms with E-state index in [9.17, 15) is 18.7 Å². The van der Waals surface area contributed by atoms with Crippen LogP contribution in [0.25, 0.3) is 0 Å². The van der Waals surface area contributed by atoms with Gasteiger partial charge in [0.2, 0.25) is 0 Å². The fourth-order valence-corrected chi connectivity index (χ4v) is 8.54. The zero-order valence-electron chi connectivity index (χ0n) is 39.3. The number of ketones is 1.